The molecule has 0 N–H and O–H groups in total. The molecule has 4 heteroatoms. The Labute approximate surface area is 127 Å². The molecule has 1 unspecified atom stereocenters. The maximum absolute atomic E-state index is 12.1. The first-order valence-corrected chi connectivity index (χ1v) is 7.57. The number of carbonyl (C=O) groups excluding carboxylic acids is 1. The third-order valence-electron chi connectivity index (χ3n) is 3.64. The minimum atomic E-state index is -0.436. The molecule has 1 heterocycles. The summed E-state index contributed by atoms with van der Waals surface area (Å²) in [7, 11) is 0. The van der Waals surface area contributed by atoms with E-state index in [2.05, 4.69) is 43.0 Å². The molecular weight excluding hydrogens is 264 g/mol. The number of ether oxygens (including phenoxy) is 1. The van der Waals surface area contributed by atoms with Crippen LogP contribution in [0.3, 0.4) is 0 Å². The smallest absolute Gasteiger partial charge is 0.410 e. The van der Waals surface area contributed by atoms with Crippen LogP contribution in [-0.4, -0.2) is 42.3 Å². The highest BCUT2D eigenvalue weighted by atomic mass is 16.6. The minimum Gasteiger partial charge on any atom is -0.444 e. The van der Waals surface area contributed by atoms with E-state index in [-0.39, 0.29) is 12.1 Å². The van der Waals surface area contributed by atoms with Crippen molar-refractivity contribution in [2.24, 2.45) is 0 Å². The van der Waals surface area contributed by atoms with Crippen LogP contribution in [-0.2, 0) is 4.74 Å². The molecule has 0 bridgehead atoms. The van der Waals surface area contributed by atoms with Gasteiger partial charge in [-0.25, -0.2) is 4.79 Å². The third-order valence-corrected chi connectivity index (χ3v) is 3.64. The Morgan fingerprint density at radius 3 is 2.33 bits per heavy atom. The molecule has 0 aliphatic carbocycles. The predicted molar refractivity (Wildman–Crippen MR) is 85.8 cm³/mol. The van der Waals surface area contributed by atoms with E-state index < -0.39 is 5.60 Å². The first-order valence-electron chi connectivity index (χ1n) is 7.57. The molecule has 0 saturated carbocycles. The number of amides is 1. The highest BCUT2D eigenvalue weighted by Crippen LogP contribution is 2.22. The van der Waals surface area contributed by atoms with Crippen LogP contribution in [0.2, 0.25) is 0 Å². The second kappa shape index (κ2) is 5.96. The summed E-state index contributed by atoms with van der Waals surface area (Å²) >= 11 is 0. The molecule has 4 nitrogen and oxygen atoms in total. The molecule has 1 aromatic rings. The molecule has 1 aromatic carbocycles. The zero-order valence-electron chi connectivity index (χ0n) is 13.7. The fourth-order valence-electron chi connectivity index (χ4n) is 2.57. The molecule has 1 fully saturated rings. The van der Waals surface area contributed by atoms with Gasteiger partial charge in [0.15, 0.2) is 0 Å². The number of hydrogen-bond acceptors (Lipinski definition) is 3. The van der Waals surface area contributed by atoms with Crippen molar-refractivity contribution in [2.45, 2.75) is 46.3 Å². The topological polar surface area (TPSA) is 32.8 Å². The third kappa shape index (κ3) is 4.13. The van der Waals surface area contributed by atoms with Gasteiger partial charge in [-0.2, -0.15) is 0 Å². The maximum Gasteiger partial charge on any atom is 0.410 e. The molecule has 116 valence electrons. The lowest BCUT2D eigenvalue weighted by Crippen LogP contribution is -2.54. The second-order valence-electron chi connectivity index (χ2n) is 6.80. The van der Waals surface area contributed by atoms with E-state index in [1.54, 1.807) is 4.90 Å². The number of benzene rings is 1. The van der Waals surface area contributed by atoms with Gasteiger partial charge in [0, 0.05) is 31.4 Å². The molecule has 1 amide bonds. The summed E-state index contributed by atoms with van der Waals surface area (Å²) in [5.41, 5.74) is 2.05. The van der Waals surface area contributed by atoms with E-state index in [1.807, 2.05) is 20.8 Å². The van der Waals surface area contributed by atoms with Crippen LogP contribution in [0.5, 0.6) is 0 Å². The van der Waals surface area contributed by atoms with E-state index in [1.165, 1.54) is 11.3 Å². The number of carbonyl (C=O) groups is 1. The highest BCUT2D eigenvalue weighted by Gasteiger charge is 2.29. The van der Waals surface area contributed by atoms with E-state index >= 15 is 0 Å². The number of nitrogens with zero attached hydrogens (tertiary/aromatic N) is 2. The van der Waals surface area contributed by atoms with Crippen LogP contribution in [0.25, 0.3) is 0 Å². The molecule has 1 aliphatic heterocycles. The second-order valence-corrected chi connectivity index (χ2v) is 6.80. The summed E-state index contributed by atoms with van der Waals surface area (Å²) in [4.78, 5) is 16.3. The van der Waals surface area contributed by atoms with Crippen LogP contribution in [0.1, 0.15) is 33.3 Å². The van der Waals surface area contributed by atoms with E-state index in [0.29, 0.717) is 13.1 Å². The predicted octanol–water partition coefficient (Wildman–Crippen LogP) is 3.44. The number of aryl methyl sites for hydroxylation is 1. The Hall–Kier alpha value is -1.71. The van der Waals surface area contributed by atoms with E-state index in [4.69, 9.17) is 4.74 Å². The van der Waals surface area contributed by atoms with Crippen molar-refractivity contribution in [2.75, 3.05) is 24.5 Å². The Bertz CT molecular complexity index is 491. The Kier molecular flexibility index (Phi) is 4.45. The Morgan fingerprint density at radius 2 is 1.81 bits per heavy atom. The van der Waals surface area contributed by atoms with Gasteiger partial charge < -0.3 is 14.5 Å². The van der Waals surface area contributed by atoms with Gasteiger partial charge in [0.25, 0.3) is 0 Å². The van der Waals surface area contributed by atoms with E-state index in [9.17, 15) is 4.79 Å². The fraction of sp³-hybridized carbons (Fsp3) is 0.588. The van der Waals surface area contributed by atoms with Crippen LogP contribution in [0.4, 0.5) is 10.5 Å². The summed E-state index contributed by atoms with van der Waals surface area (Å²) < 4.78 is 5.45. The largest absolute Gasteiger partial charge is 0.444 e. The van der Waals surface area contributed by atoms with Crippen molar-refractivity contribution < 1.29 is 9.53 Å². The average molecular weight is 290 g/mol. The molecule has 1 saturated heterocycles. The number of rotatable bonds is 1. The SMILES string of the molecule is Cc1ccc(N2CCN(C(=O)OC(C)(C)C)CC2C)cc1. The van der Waals surface area contributed by atoms with Crippen molar-refractivity contribution >= 4 is 11.8 Å². The molecule has 1 aliphatic rings. The van der Waals surface area contributed by atoms with Gasteiger partial charge in [-0.05, 0) is 46.8 Å². The van der Waals surface area contributed by atoms with Gasteiger partial charge in [-0.15, -0.1) is 0 Å². The van der Waals surface area contributed by atoms with Crippen molar-refractivity contribution in [3.8, 4) is 0 Å². The van der Waals surface area contributed by atoms with Crippen LogP contribution in [0.15, 0.2) is 24.3 Å². The number of anilines is 1. The van der Waals surface area contributed by atoms with Crippen LogP contribution in [0, 0.1) is 6.92 Å². The Balaban J connectivity index is 1.99. The first-order chi connectivity index (χ1) is 9.76. The number of piperazine rings is 1. The molecule has 0 radical (unpaired) electrons. The molecular formula is C17H26N2O2. The van der Waals surface area contributed by atoms with Gasteiger partial charge in [0.1, 0.15) is 5.60 Å². The summed E-state index contributed by atoms with van der Waals surface area (Å²) in [6.07, 6.45) is -0.210. The van der Waals surface area contributed by atoms with Crippen molar-refractivity contribution in [1.82, 2.24) is 4.90 Å². The molecule has 0 spiro atoms. The van der Waals surface area contributed by atoms with Crippen molar-refractivity contribution in [3.63, 3.8) is 0 Å². The molecule has 0 aromatic heterocycles. The average Bonchev–Trinajstić information content (AvgIpc) is 2.38. The van der Waals surface area contributed by atoms with Gasteiger partial charge in [0.05, 0.1) is 0 Å². The summed E-state index contributed by atoms with van der Waals surface area (Å²) in [5.74, 6) is 0. The van der Waals surface area contributed by atoms with Gasteiger partial charge >= 0.3 is 6.09 Å². The number of hydrogen-bond donors (Lipinski definition) is 0. The lowest BCUT2D eigenvalue weighted by Gasteiger charge is -2.41. The van der Waals surface area contributed by atoms with Crippen molar-refractivity contribution in [3.05, 3.63) is 29.8 Å². The van der Waals surface area contributed by atoms with Gasteiger partial charge in [-0.1, -0.05) is 17.7 Å². The lowest BCUT2D eigenvalue weighted by molar-refractivity contribution is 0.0219. The summed E-state index contributed by atoms with van der Waals surface area (Å²) in [6.45, 7) is 12.2. The Morgan fingerprint density at radius 1 is 1.19 bits per heavy atom. The monoisotopic (exact) mass is 290 g/mol. The first kappa shape index (κ1) is 15.7. The fourth-order valence-corrected chi connectivity index (χ4v) is 2.57. The van der Waals surface area contributed by atoms with Crippen LogP contribution >= 0.6 is 0 Å². The maximum atomic E-state index is 12.1. The molecule has 2 rings (SSSR count). The standard InChI is InChI=1S/C17H26N2O2/c1-13-6-8-15(9-7-13)19-11-10-18(12-14(19)2)16(20)21-17(3,4)5/h6-9,14H,10-12H2,1-5H3. The summed E-state index contributed by atoms with van der Waals surface area (Å²) in [6, 6.07) is 8.84. The van der Waals surface area contributed by atoms with Gasteiger partial charge in [-0.3, -0.25) is 0 Å². The zero-order valence-corrected chi connectivity index (χ0v) is 13.7. The summed E-state index contributed by atoms with van der Waals surface area (Å²) in [5, 5.41) is 0. The highest BCUT2D eigenvalue weighted by molar-refractivity contribution is 5.68. The zero-order chi connectivity index (χ0) is 15.6. The molecule has 1 atom stereocenters. The minimum absolute atomic E-state index is 0.210. The normalized spacial score (nSPS) is 19.6. The van der Waals surface area contributed by atoms with E-state index in [0.717, 1.165) is 6.54 Å². The quantitative estimate of drug-likeness (QED) is 0.794. The lowest BCUT2D eigenvalue weighted by atomic mass is 10.1. The van der Waals surface area contributed by atoms with Crippen molar-refractivity contribution in [1.29, 1.82) is 0 Å². The van der Waals surface area contributed by atoms with Crippen LogP contribution < -0.4 is 4.90 Å². The molecule has 21 heavy (non-hydrogen) atoms. The van der Waals surface area contributed by atoms with Gasteiger partial charge in [0.2, 0.25) is 0 Å².